The van der Waals surface area contributed by atoms with Crippen molar-refractivity contribution in [3.63, 3.8) is 0 Å². The molecule has 126 valence electrons. The minimum atomic E-state index is 0.105. The fourth-order valence-electron chi connectivity index (χ4n) is 2.31. The number of hydrogen-bond acceptors (Lipinski definition) is 5. The standard InChI is InChI=1S/C17H20N4O2S/c1-11(10-22-2)20-17(18)19-9-12-7-8-14(23-12)16-21-13-5-3-4-6-15(13)24-16/h3-8,11H,9-10H2,1-2H3,(H3,18,19,20). The van der Waals surface area contributed by atoms with Crippen LogP contribution >= 0.6 is 11.3 Å². The number of aliphatic imine (C=N–C) groups is 1. The molecule has 3 N–H and O–H groups in total. The van der Waals surface area contributed by atoms with Gasteiger partial charge in [-0.15, -0.1) is 11.3 Å². The summed E-state index contributed by atoms with van der Waals surface area (Å²) in [4.78, 5) is 8.87. The highest BCUT2D eigenvalue weighted by molar-refractivity contribution is 7.21. The van der Waals surface area contributed by atoms with Gasteiger partial charge in [-0.2, -0.15) is 0 Å². The molecule has 2 heterocycles. The molecule has 3 rings (SSSR count). The van der Waals surface area contributed by atoms with Crippen molar-refractivity contribution in [2.45, 2.75) is 19.5 Å². The first-order chi connectivity index (χ1) is 11.7. The summed E-state index contributed by atoms with van der Waals surface area (Å²) in [5, 5.41) is 3.92. The fourth-order valence-corrected chi connectivity index (χ4v) is 3.24. The van der Waals surface area contributed by atoms with Gasteiger partial charge in [-0.05, 0) is 31.2 Å². The Bertz CT molecular complexity index is 807. The summed E-state index contributed by atoms with van der Waals surface area (Å²) in [6.45, 7) is 2.92. The van der Waals surface area contributed by atoms with Crippen LogP contribution in [0.1, 0.15) is 12.7 Å². The third kappa shape index (κ3) is 3.93. The molecule has 0 bridgehead atoms. The third-order valence-corrected chi connectivity index (χ3v) is 4.43. The summed E-state index contributed by atoms with van der Waals surface area (Å²) in [7, 11) is 1.65. The third-order valence-electron chi connectivity index (χ3n) is 3.38. The van der Waals surface area contributed by atoms with Crippen molar-refractivity contribution in [3.8, 4) is 10.8 Å². The maximum atomic E-state index is 5.85. The quantitative estimate of drug-likeness (QED) is 0.530. The zero-order valence-corrected chi connectivity index (χ0v) is 14.5. The topological polar surface area (TPSA) is 85.7 Å². The number of hydrogen-bond donors (Lipinski definition) is 2. The normalized spacial score (nSPS) is 13.3. The van der Waals surface area contributed by atoms with Crippen molar-refractivity contribution >= 4 is 27.5 Å². The summed E-state index contributed by atoms with van der Waals surface area (Å²) in [5.74, 6) is 1.87. The molecule has 0 radical (unpaired) electrons. The number of aromatic nitrogens is 1. The van der Waals surface area contributed by atoms with Crippen LogP contribution in [0.3, 0.4) is 0 Å². The number of guanidine groups is 1. The Morgan fingerprint density at radius 1 is 1.38 bits per heavy atom. The number of methoxy groups -OCH3 is 1. The molecule has 7 heteroatoms. The lowest BCUT2D eigenvalue weighted by molar-refractivity contribution is 0.179. The maximum Gasteiger partial charge on any atom is 0.189 e. The number of nitrogens with two attached hydrogens (primary N) is 1. The van der Waals surface area contributed by atoms with E-state index in [9.17, 15) is 0 Å². The van der Waals surface area contributed by atoms with E-state index in [2.05, 4.69) is 21.4 Å². The smallest absolute Gasteiger partial charge is 0.189 e. The molecule has 0 spiro atoms. The molecule has 0 aliphatic heterocycles. The molecular weight excluding hydrogens is 324 g/mol. The predicted octanol–water partition coefficient (Wildman–Crippen LogP) is 3.00. The van der Waals surface area contributed by atoms with E-state index in [1.165, 1.54) is 0 Å². The Balaban J connectivity index is 1.67. The number of fused-ring (bicyclic) bond motifs is 1. The summed E-state index contributed by atoms with van der Waals surface area (Å²) >= 11 is 1.61. The molecule has 0 aliphatic rings. The van der Waals surface area contributed by atoms with Crippen LogP contribution in [-0.2, 0) is 11.3 Å². The first kappa shape index (κ1) is 16.5. The number of thiazole rings is 1. The van der Waals surface area contributed by atoms with Gasteiger partial charge in [-0.3, -0.25) is 0 Å². The van der Waals surface area contributed by atoms with Crippen LogP contribution in [0.5, 0.6) is 0 Å². The van der Waals surface area contributed by atoms with E-state index in [1.54, 1.807) is 18.4 Å². The molecule has 0 amide bonds. The van der Waals surface area contributed by atoms with Gasteiger partial charge in [-0.1, -0.05) is 12.1 Å². The van der Waals surface area contributed by atoms with E-state index in [0.29, 0.717) is 19.1 Å². The van der Waals surface area contributed by atoms with E-state index < -0.39 is 0 Å². The number of benzene rings is 1. The Kier molecular flexibility index (Phi) is 5.12. The van der Waals surface area contributed by atoms with Crippen LogP contribution in [0.4, 0.5) is 0 Å². The lowest BCUT2D eigenvalue weighted by atomic mass is 10.3. The van der Waals surface area contributed by atoms with Crippen molar-refractivity contribution in [3.05, 3.63) is 42.2 Å². The van der Waals surface area contributed by atoms with Crippen LogP contribution in [0.15, 0.2) is 45.8 Å². The summed E-state index contributed by atoms with van der Waals surface area (Å²) in [5.41, 5.74) is 6.83. The molecule has 2 aromatic heterocycles. The lowest BCUT2D eigenvalue weighted by Gasteiger charge is -2.12. The number of ether oxygens (including phenoxy) is 1. The highest BCUT2D eigenvalue weighted by Crippen LogP contribution is 2.31. The molecule has 1 aromatic carbocycles. The van der Waals surface area contributed by atoms with Crippen molar-refractivity contribution in [1.29, 1.82) is 0 Å². The second-order valence-electron chi connectivity index (χ2n) is 5.45. The van der Waals surface area contributed by atoms with Gasteiger partial charge in [0.15, 0.2) is 16.7 Å². The second kappa shape index (κ2) is 7.46. The highest BCUT2D eigenvalue weighted by Gasteiger charge is 2.10. The average molecular weight is 344 g/mol. The van der Waals surface area contributed by atoms with Gasteiger partial charge in [0, 0.05) is 13.2 Å². The van der Waals surface area contributed by atoms with Gasteiger partial charge in [0.25, 0.3) is 0 Å². The van der Waals surface area contributed by atoms with Gasteiger partial charge in [-0.25, -0.2) is 9.98 Å². The minimum Gasteiger partial charge on any atom is -0.457 e. The highest BCUT2D eigenvalue weighted by atomic mass is 32.1. The van der Waals surface area contributed by atoms with Gasteiger partial charge < -0.3 is 20.2 Å². The molecular formula is C17H20N4O2S. The van der Waals surface area contributed by atoms with Crippen LogP contribution < -0.4 is 11.1 Å². The molecule has 0 aliphatic carbocycles. The van der Waals surface area contributed by atoms with E-state index in [4.69, 9.17) is 14.9 Å². The number of furan rings is 1. The van der Waals surface area contributed by atoms with E-state index >= 15 is 0 Å². The fraction of sp³-hybridized carbons (Fsp3) is 0.294. The van der Waals surface area contributed by atoms with Gasteiger partial charge in [0.05, 0.1) is 16.8 Å². The number of nitrogens with one attached hydrogen (secondary N) is 1. The Morgan fingerprint density at radius 3 is 3.00 bits per heavy atom. The summed E-state index contributed by atoms with van der Waals surface area (Å²) in [6.07, 6.45) is 0. The molecule has 24 heavy (non-hydrogen) atoms. The average Bonchev–Trinajstić information content (AvgIpc) is 3.19. The first-order valence-corrected chi connectivity index (χ1v) is 8.47. The molecule has 1 unspecified atom stereocenters. The maximum absolute atomic E-state index is 5.85. The van der Waals surface area contributed by atoms with Crippen molar-refractivity contribution in [1.82, 2.24) is 10.3 Å². The van der Waals surface area contributed by atoms with Crippen LogP contribution in [0.2, 0.25) is 0 Å². The molecule has 1 atom stereocenters. The van der Waals surface area contributed by atoms with E-state index in [1.807, 2.05) is 37.3 Å². The molecule has 6 nitrogen and oxygen atoms in total. The van der Waals surface area contributed by atoms with E-state index in [0.717, 1.165) is 26.7 Å². The van der Waals surface area contributed by atoms with Crippen molar-refractivity contribution in [2.75, 3.05) is 13.7 Å². The van der Waals surface area contributed by atoms with Crippen LogP contribution in [0, 0.1) is 0 Å². The first-order valence-electron chi connectivity index (χ1n) is 7.66. The molecule has 0 saturated carbocycles. The lowest BCUT2D eigenvalue weighted by Crippen LogP contribution is -2.40. The largest absolute Gasteiger partial charge is 0.457 e. The zero-order chi connectivity index (χ0) is 16.9. The Morgan fingerprint density at radius 2 is 2.21 bits per heavy atom. The number of nitrogens with zero attached hydrogens (tertiary/aromatic N) is 2. The zero-order valence-electron chi connectivity index (χ0n) is 13.7. The summed E-state index contributed by atoms with van der Waals surface area (Å²) in [6, 6.07) is 12.0. The molecule has 3 aromatic rings. The molecule has 0 saturated heterocycles. The molecule has 0 fully saturated rings. The van der Waals surface area contributed by atoms with Crippen molar-refractivity contribution in [2.24, 2.45) is 10.7 Å². The second-order valence-corrected chi connectivity index (χ2v) is 6.49. The Labute approximate surface area is 144 Å². The van der Waals surface area contributed by atoms with Crippen molar-refractivity contribution < 1.29 is 9.15 Å². The predicted molar refractivity (Wildman–Crippen MR) is 97.1 cm³/mol. The summed E-state index contributed by atoms with van der Waals surface area (Å²) < 4.78 is 12.0. The minimum absolute atomic E-state index is 0.105. The monoisotopic (exact) mass is 344 g/mol. The van der Waals surface area contributed by atoms with Gasteiger partial charge in [0.2, 0.25) is 0 Å². The van der Waals surface area contributed by atoms with Gasteiger partial charge >= 0.3 is 0 Å². The van der Waals surface area contributed by atoms with Crippen LogP contribution in [-0.4, -0.2) is 30.7 Å². The number of para-hydroxylation sites is 1. The van der Waals surface area contributed by atoms with Crippen LogP contribution in [0.25, 0.3) is 21.0 Å². The van der Waals surface area contributed by atoms with Gasteiger partial charge in [0.1, 0.15) is 12.3 Å². The number of rotatable bonds is 6. The Hall–Kier alpha value is -2.38. The SMILES string of the molecule is COCC(C)NC(N)=NCc1ccc(-c2nc3ccccc3s2)o1. The van der Waals surface area contributed by atoms with E-state index in [-0.39, 0.29) is 6.04 Å².